The lowest BCUT2D eigenvalue weighted by Gasteiger charge is -2.27. The van der Waals surface area contributed by atoms with E-state index in [1.165, 1.54) is 6.20 Å². The van der Waals surface area contributed by atoms with Gasteiger partial charge in [-0.15, -0.1) is 5.10 Å². The molecule has 1 aromatic carbocycles. The van der Waals surface area contributed by atoms with E-state index in [1.54, 1.807) is 25.3 Å². The van der Waals surface area contributed by atoms with Gasteiger partial charge < -0.3 is 15.0 Å². The highest BCUT2D eigenvalue weighted by Crippen LogP contribution is 2.30. The van der Waals surface area contributed by atoms with Crippen LogP contribution >= 0.6 is 11.6 Å². The molecular formula is C16H20ClN5O3S. The van der Waals surface area contributed by atoms with Gasteiger partial charge in [-0.3, -0.25) is 0 Å². The smallest absolute Gasteiger partial charge is 0.249 e. The second-order valence-electron chi connectivity index (χ2n) is 5.95. The van der Waals surface area contributed by atoms with Crippen LogP contribution < -0.4 is 15.0 Å². The van der Waals surface area contributed by atoms with Crippen molar-refractivity contribution in [2.75, 3.05) is 35.4 Å². The Labute approximate surface area is 157 Å². The average Bonchev–Trinajstić information content (AvgIpc) is 2.96. The fourth-order valence-corrected chi connectivity index (χ4v) is 4.92. The van der Waals surface area contributed by atoms with Gasteiger partial charge in [0.15, 0.2) is 15.7 Å². The topological polar surface area (TPSA) is 97.3 Å². The molecule has 0 bridgehead atoms. The maximum atomic E-state index is 11.8. The largest absolute Gasteiger partial charge is 0.495 e. The Morgan fingerprint density at radius 1 is 1.42 bits per heavy atom. The van der Waals surface area contributed by atoms with Crippen molar-refractivity contribution >= 4 is 38.9 Å². The van der Waals surface area contributed by atoms with Crippen LogP contribution in [-0.4, -0.2) is 54.8 Å². The number of rotatable bonds is 6. The van der Waals surface area contributed by atoms with Gasteiger partial charge in [-0.05, 0) is 31.5 Å². The van der Waals surface area contributed by atoms with Crippen LogP contribution in [-0.2, 0) is 9.84 Å². The van der Waals surface area contributed by atoms with Gasteiger partial charge in [-0.2, -0.15) is 10.1 Å². The molecule has 1 N–H and O–H groups in total. The van der Waals surface area contributed by atoms with E-state index in [0.717, 1.165) is 0 Å². The average molecular weight is 398 g/mol. The summed E-state index contributed by atoms with van der Waals surface area (Å²) in [7, 11) is -1.42. The van der Waals surface area contributed by atoms with Crippen LogP contribution in [0.1, 0.15) is 13.3 Å². The fourth-order valence-electron chi connectivity index (χ4n) is 3.01. The summed E-state index contributed by atoms with van der Waals surface area (Å²) in [4.78, 5) is 6.43. The van der Waals surface area contributed by atoms with Gasteiger partial charge in [0.25, 0.3) is 0 Å². The van der Waals surface area contributed by atoms with Gasteiger partial charge in [-0.25, -0.2) is 8.42 Å². The number of halogens is 1. The second kappa shape index (κ2) is 7.63. The quantitative estimate of drug-likeness (QED) is 0.792. The number of nitrogens with one attached hydrogen (secondary N) is 1. The summed E-state index contributed by atoms with van der Waals surface area (Å²) in [6.45, 7) is 2.58. The molecule has 8 nitrogen and oxygen atoms in total. The van der Waals surface area contributed by atoms with Crippen molar-refractivity contribution in [2.45, 2.75) is 19.4 Å². The highest BCUT2D eigenvalue weighted by molar-refractivity contribution is 7.91. The number of sulfone groups is 1. The van der Waals surface area contributed by atoms with Gasteiger partial charge in [0.2, 0.25) is 5.95 Å². The second-order valence-corrected chi connectivity index (χ2v) is 8.62. The molecule has 0 aliphatic carbocycles. The molecule has 1 unspecified atom stereocenters. The van der Waals surface area contributed by atoms with Crippen molar-refractivity contribution < 1.29 is 13.2 Å². The maximum Gasteiger partial charge on any atom is 0.249 e. The number of aromatic nitrogens is 3. The lowest BCUT2D eigenvalue weighted by molar-refractivity contribution is 0.417. The van der Waals surface area contributed by atoms with Gasteiger partial charge >= 0.3 is 0 Å². The van der Waals surface area contributed by atoms with Crippen LogP contribution in [0.25, 0.3) is 0 Å². The predicted octanol–water partition coefficient (Wildman–Crippen LogP) is 2.29. The Kier molecular flexibility index (Phi) is 5.47. The molecule has 2 aromatic rings. The van der Waals surface area contributed by atoms with Crippen LogP contribution in [0.15, 0.2) is 24.4 Å². The van der Waals surface area contributed by atoms with E-state index in [2.05, 4.69) is 20.5 Å². The predicted molar refractivity (Wildman–Crippen MR) is 101 cm³/mol. The highest BCUT2D eigenvalue weighted by Gasteiger charge is 2.32. The Hall–Kier alpha value is -2.13. The van der Waals surface area contributed by atoms with Gasteiger partial charge in [0, 0.05) is 17.6 Å². The number of methoxy groups -OCH3 is 1. The van der Waals surface area contributed by atoms with E-state index < -0.39 is 9.84 Å². The van der Waals surface area contributed by atoms with Crippen LogP contribution in [0.2, 0.25) is 5.02 Å². The Bertz CT molecular complexity index is 893. The van der Waals surface area contributed by atoms with Crippen LogP contribution in [0.5, 0.6) is 5.75 Å². The van der Waals surface area contributed by atoms with Crippen LogP contribution in [0.3, 0.4) is 0 Å². The molecule has 1 fully saturated rings. The summed E-state index contributed by atoms with van der Waals surface area (Å²) < 4.78 is 28.9. The lowest BCUT2D eigenvalue weighted by Crippen LogP contribution is -2.37. The van der Waals surface area contributed by atoms with Crippen molar-refractivity contribution in [3.8, 4) is 5.75 Å². The lowest BCUT2D eigenvalue weighted by atomic mass is 10.2. The number of ether oxygens (including phenoxy) is 1. The molecule has 2 heterocycles. The molecule has 0 spiro atoms. The van der Waals surface area contributed by atoms with Gasteiger partial charge in [0.05, 0.1) is 30.5 Å². The molecule has 3 rings (SSSR count). The third-order valence-corrected chi connectivity index (χ3v) is 6.22. The normalized spacial score (nSPS) is 18.5. The molecular weight excluding hydrogens is 378 g/mol. The number of benzene rings is 1. The Morgan fingerprint density at radius 2 is 2.23 bits per heavy atom. The molecule has 10 heteroatoms. The minimum absolute atomic E-state index is 0.102. The number of hydrogen-bond donors (Lipinski definition) is 1. The van der Waals surface area contributed by atoms with Crippen molar-refractivity contribution in [1.82, 2.24) is 15.2 Å². The fraction of sp³-hybridized carbons (Fsp3) is 0.438. The van der Waals surface area contributed by atoms with Gasteiger partial charge in [-0.1, -0.05) is 11.6 Å². The zero-order valence-electron chi connectivity index (χ0n) is 14.5. The van der Waals surface area contributed by atoms with Crippen molar-refractivity contribution in [2.24, 2.45) is 0 Å². The molecule has 0 amide bonds. The van der Waals surface area contributed by atoms with E-state index in [4.69, 9.17) is 16.3 Å². The van der Waals surface area contributed by atoms with Crippen molar-refractivity contribution in [1.29, 1.82) is 0 Å². The summed E-state index contributed by atoms with van der Waals surface area (Å²) in [6, 6.07) is 5.07. The first-order valence-corrected chi connectivity index (χ1v) is 10.4. The molecule has 1 aliphatic heterocycles. The minimum atomic E-state index is -2.98. The summed E-state index contributed by atoms with van der Waals surface area (Å²) >= 11 is 6.04. The molecule has 1 aliphatic rings. The number of hydrogen-bond acceptors (Lipinski definition) is 8. The zero-order valence-corrected chi connectivity index (χ0v) is 16.1. The first-order chi connectivity index (χ1) is 12.4. The summed E-state index contributed by atoms with van der Waals surface area (Å²) in [5.74, 6) is 1.79. The third-order valence-electron chi connectivity index (χ3n) is 4.24. The van der Waals surface area contributed by atoms with Gasteiger partial charge in [0.1, 0.15) is 5.75 Å². The molecule has 1 aromatic heterocycles. The molecule has 1 saturated heterocycles. The van der Waals surface area contributed by atoms with E-state index in [9.17, 15) is 8.42 Å². The minimum Gasteiger partial charge on any atom is -0.495 e. The van der Waals surface area contributed by atoms with Crippen molar-refractivity contribution in [3.63, 3.8) is 0 Å². The van der Waals surface area contributed by atoms with Crippen LogP contribution in [0, 0.1) is 0 Å². The Morgan fingerprint density at radius 3 is 2.88 bits per heavy atom. The summed E-state index contributed by atoms with van der Waals surface area (Å²) in [5, 5.41) is 11.6. The molecule has 26 heavy (non-hydrogen) atoms. The van der Waals surface area contributed by atoms with E-state index >= 15 is 0 Å². The monoisotopic (exact) mass is 397 g/mol. The first-order valence-electron chi connectivity index (χ1n) is 8.19. The third kappa shape index (κ3) is 4.16. The zero-order chi connectivity index (χ0) is 18.7. The number of nitrogens with zero attached hydrogens (tertiary/aromatic N) is 4. The van der Waals surface area contributed by atoms with E-state index in [0.29, 0.717) is 35.2 Å². The van der Waals surface area contributed by atoms with Crippen molar-refractivity contribution in [3.05, 3.63) is 29.4 Å². The maximum absolute atomic E-state index is 11.8. The standard InChI is InChI=1S/C16H20ClN5O3S/c1-3-22(12-6-7-26(23,24)10-12)15-9-18-21-16(20-15)19-13-8-11(17)4-5-14(13)25-2/h4-5,8-9,12H,3,6-7,10H2,1-2H3,(H,19,20,21). The SMILES string of the molecule is CCN(c1cnnc(Nc2cc(Cl)ccc2OC)n1)C1CCS(=O)(=O)C1. The summed E-state index contributed by atoms with van der Waals surface area (Å²) in [5.41, 5.74) is 0.616. The molecule has 0 saturated carbocycles. The molecule has 0 radical (unpaired) electrons. The molecule has 1 atom stereocenters. The van der Waals surface area contributed by atoms with E-state index in [-0.39, 0.29) is 23.5 Å². The highest BCUT2D eigenvalue weighted by atomic mass is 35.5. The molecule has 140 valence electrons. The number of anilines is 3. The van der Waals surface area contributed by atoms with Crippen LogP contribution in [0.4, 0.5) is 17.5 Å². The Balaban J connectivity index is 1.85. The van der Waals surface area contributed by atoms with E-state index in [1.807, 2.05) is 11.8 Å². The summed E-state index contributed by atoms with van der Waals surface area (Å²) in [6.07, 6.45) is 2.12. The first kappa shape index (κ1) is 18.7.